The van der Waals surface area contributed by atoms with E-state index in [0.717, 1.165) is 19.5 Å². The average Bonchev–Trinajstić information content (AvgIpc) is 2.29. The summed E-state index contributed by atoms with van der Waals surface area (Å²) >= 11 is 0. The molecule has 0 aromatic carbocycles. The van der Waals surface area contributed by atoms with E-state index in [-0.39, 0.29) is 6.04 Å². The Morgan fingerprint density at radius 1 is 1.42 bits per heavy atom. The van der Waals surface area contributed by atoms with Crippen molar-refractivity contribution in [3.63, 3.8) is 0 Å². The molecule has 4 N–H and O–H groups in total. The van der Waals surface area contributed by atoms with Gasteiger partial charge in [-0.2, -0.15) is 0 Å². The summed E-state index contributed by atoms with van der Waals surface area (Å²) in [5.41, 5.74) is 0. The molecule has 19 heavy (non-hydrogen) atoms. The van der Waals surface area contributed by atoms with Crippen LogP contribution in [0.5, 0.6) is 0 Å². The van der Waals surface area contributed by atoms with Crippen LogP contribution in [0.2, 0.25) is 0 Å². The molecule has 110 valence electrons. The van der Waals surface area contributed by atoms with Gasteiger partial charge in [-0.15, -0.1) is 0 Å². The maximum absolute atomic E-state index is 11.7. The molecule has 2 unspecified atom stereocenters. The fourth-order valence-corrected chi connectivity index (χ4v) is 2.31. The number of aliphatic carboxylic acids is 1. The van der Waals surface area contributed by atoms with E-state index in [4.69, 9.17) is 5.11 Å². The number of rotatable bonds is 4. The summed E-state index contributed by atoms with van der Waals surface area (Å²) in [6, 6.07) is -1.81. The van der Waals surface area contributed by atoms with Gasteiger partial charge < -0.3 is 25.7 Å². The summed E-state index contributed by atoms with van der Waals surface area (Å²) in [7, 11) is 2.03. The van der Waals surface area contributed by atoms with E-state index < -0.39 is 24.1 Å². The lowest BCUT2D eigenvalue weighted by atomic mass is 9.94. The minimum Gasteiger partial charge on any atom is -0.480 e. The minimum atomic E-state index is -1.29. The number of hydrogen-bond acceptors (Lipinski definition) is 4. The van der Waals surface area contributed by atoms with Crippen LogP contribution in [-0.2, 0) is 4.79 Å². The van der Waals surface area contributed by atoms with Gasteiger partial charge in [0.25, 0.3) is 0 Å². The molecule has 1 rings (SSSR count). The maximum atomic E-state index is 11.7. The van der Waals surface area contributed by atoms with Crippen molar-refractivity contribution in [2.24, 2.45) is 5.92 Å². The van der Waals surface area contributed by atoms with Gasteiger partial charge in [-0.1, -0.05) is 6.92 Å². The summed E-state index contributed by atoms with van der Waals surface area (Å²) in [5.74, 6) is -0.944. The molecule has 0 bridgehead atoms. The monoisotopic (exact) mass is 273 g/mol. The molecule has 1 aliphatic heterocycles. The minimum absolute atomic E-state index is 0.0274. The summed E-state index contributed by atoms with van der Waals surface area (Å²) in [4.78, 5) is 24.8. The number of hydrogen-bond donors (Lipinski definition) is 4. The van der Waals surface area contributed by atoms with Crippen LogP contribution in [-0.4, -0.2) is 65.4 Å². The van der Waals surface area contributed by atoms with Crippen LogP contribution in [0.1, 0.15) is 20.3 Å². The van der Waals surface area contributed by atoms with Gasteiger partial charge in [0.05, 0.1) is 6.10 Å². The highest BCUT2D eigenvalue weighted by atomic mass is 16.4. The fraction of sp³-hybridized carbons (Fsp3) is 0.833. The summed E-state index contributed by atoms with van der Waals surface area (Å²) in [6.45, 7) is 5.17. The molecule has 1 aliphatic rings. The number of likely N-dealkylation sites (tertiary alicyclic amines) is 1. The zero-order chi connectivity index (χ0) is 14.6. The Hall–Kier alpha value is -1.34. The standard InChI is InChI=1S/C12H23N3O4/c1-7-6-15(3)5-4-9(7)13-12(19)14-10(8(2)16)11(17)18/h7-10,16H,4-6H2,1-3H3,(H,17,18)(H2,13,14,19)/t7?,8-,9?,10+/m1/s1. The number of piperidine rings is 1. The fourth-order valence-electron chi connectivity index (χ4n) is 2.31. The SMILES string of the molecule is CC1CN(C)CCC1NC(=O)N[C@H](C(=O)O)[C@@H](C)O. The maximum Gasteiger partial charge on any atom is 0.328 e. The van der Waals surface area contributed by atoms with Gasteiger partial charge in [0.1, 0.15) is 0 Å². The predicted octanol–water partition coefficient (Wildman–Crippen LogP) is -0.540. The van der Waals surface area contributed by atoms with Crippen LogP contribution >= 0.6 is 0 Å². The molecule has 1 fully saturated rings. The normalized spacial score (nSPS) is 27.4. The van der Waals surface area contributed by atoms with Gasteiger partial charge in [-0.25, -0.2) is 9.59 Å². The number of urea groups is 1. The van der Waals surface area contributed by atoms with Gasteiger partial charge in [-0.3, -0.25) is 0 Å². The predicted molar refractivity (Wildman–Crippen MR) is 69.8 cm³/mol. The number of carbonyl (C=O) groups excluding carboxylic acids is 1. The van der Waals surface area contributed by atoms with Crippen molar-refractivity contribution in [1.82, 2.24) is 15.5 Å². The Morgan fingerprint density at radius 3 is 2.53 bits per heavy atom. The second-order valence-corrected chi connectivity index (χ2v) is 5.31. The molecular weight excluding hydrogens is 250 g/mol. The summed E-state index contributed by atoms with van der Waals surface area (Å²) in [6.07, 6.45) is -0.310. The first-order chi connectivity index (χ1) is 8.81. The molecule has 0 aromatic rings. The van der Waals surface area contributed by atoms with Crippen LogP contribution < -0.4 is 10.6 Å². The Bertz CT molecular complexity index is 335. The highest BCUT2D eigenvalue weighted by molar-refractivity contribution is 5.83. The number of carbonyl (C=O) groups is 2. The molecule has 4 atom stereocenters. The first-order valence-electron chi connectivity index (χ1n) is 6.47. The zero-order valence-electron chi connectivity index (χ0n) is 11.6. The smallest absolute Gasteiger partial charge is 0.328 e. The van der Waals surface area contributed by atoms with E-state index in [1.165, 1.54) is 6.92 Å². The van der Waals surface area contributed by atoms with Gasteiger partial charge in [0, 0.05) is 12.6 Å². The second-order valence-electron chi connectivity index (χ2n) is 5.31. The van der Waals surface area contributed by atoms with Crippen LogP contribution in [0, 0.1) is 5.92 Å². The van der Waals surface area contributed by atoms with Gasteiger partial charge in [0.15, 0.2) is 6.04 Å². The molecule has 7 nitrogen and oxygen atoms in total. The second kappa shape index (κ2) is 6.72. The molecular formula is C12H23N3O4. The number of nitrogens with zero attached hydrogens (tertiary/aromatic N) is 1. The summed E-state index contributed by atoms with van der Waals surface area (Å²) in [5, 5.41) is 23.2. The number of amides is 2. The molecule has 0 aliphatic carbocycles. The molecule has 1 saturated heterocycles. The van der Waals surface area contributed by atoms with Gasteiger partial charge in [0.2, 0.25) is 0 Å². The third-order valence-corrected chi connectivity index (χ3v) is 3.46. The Morgan fingerprint density at radius 2 is 2.05 bits per heavy atom. The lowest BCUT2D eigenvalue weighted by Crippen LogP contribution is -2.56. The topological polar surface area (TPSA) is 102 Å². The van der Waals surface area contributed by atoms with Crippen LogP contribution in [0.25, 0.3) is 0 Å². The number of aliphatic hydroxyl groups is 1. The number of carboxylic acid groups (broad SMARTS) is 1. The Kier molecular flexibility index (Phi) is 5.56. The molecule has 7 heteroatoms. The highest BCUT2D eigenvalue weighted by Crippen LogP contribution is 2.15. The largest absolute Gasteiger partial charge is 0.480 e. The number of nitrogens with one attached hydrogen (secondary N) is 2. The van der Waals surface area contributed by atoms with E-state index in [2.05, 4.69) is 15.5 Å². The third-order valence-electron chi connectivity index (χ3n) is 3.46. The first-order valence-corrected chi connectivity index (χ1v) is 6.47. The van der Waals surface area contributed by atoms with E-state index in [0.29, 0.717) is 5.92 Å². The van der Waals surface area contributed by atoms with Crippen molar-refractivity contribution in [2.75, 3.05) is 20.1 Å². The van der Waals surface area contributed by atoms with Crippen molar-refractivity contribution in [3.8, 4) is 0 Å². The van der Waals surface area contributed by atoms with E-state index >= 15 is 0 Å². The van der Waals surface area contributed by atoms with Crippen LogP contribution in [0.3, 0.4) is 0 Å². The van der Waals surface area contributed by atoms with Crippen LogP contribution in [0.4, 0.5) is 4.79 Å². The number of carboxylic acids is 1. The van der Waals surface area contributed by atoms with Crippen molar-refractivity contribution >= 4 is 12.0 Å². The van der Waals surface area contributed by atoms with E-state index in [1.807, 2.05) is 14.0 Å². The van der Waals surface area contributed by atoms with Crippen molar-refractivity contribution < 1.29 is 19.8 Å². The van der Waals surface area contributed by atoms with Gasteiger partial charge >= 0.3 is 12.0 Å². The molecule has 1 heterocycles. The molecule has 2 amide bonds. The quantitative estimate of drug-likeness (QED) is 0.551. The van der Waals surface area contributed by atoms with Crippen molar-refractivity contribution in [1.29, 1.82) is 0 Å². The molecule has 0 spiro atoms. The summed E-state index contributed by atoms with van der Waals surface area (Å²) < 4.78 is 0. The van der Waals surface area contributed by atoms with Gasteiger partial charge in [-0.05, 0) is 32.9 Å². The van der Waals surface area contributed by atoms with E-state index in [9.17, 15) is 14.7 Å². The average molecular weight is 273 g/mol. The third kappa shape index (κ3) is 4.68. The lowest BCUT2D eigenvalue weighted by Gasteiger charge is -2.35. The zero-order valence-corrected chi connectivity index (χ0v) is 11.6. The Balaban J connectivity index is 2.48. The highest BCUT2D eigenvalue weighted by Gasteiger charge is 2.29. The molecule has 0 saturated carbocycles. The number of aliphatic hydroxyl groups excluding tert-OH is 1. The Labute approximate surface area is 113 Å². The molecule has 0 aromatic heterocycles. The van der Waals surface area contributed by atoms with Crippen molar-refractivity contribution in [3.05, 3.63) is 0 Å². The van der Waals surface area contributed by atoms with E-state index in [1.54, 1.807) is 0 Å². The van der Waals surface area contributed by atoms with Crippen LogP contribution in [0.15, 0.2) is 0 Å². The molecule has 0 radical (unpaired) electrons. The lowest BCUT2D eigenvalue weighted by molar-refractivity contribution is -0.141. The van der Waals surface area contributed by atoms with Crippen molar-refractivity contribution in [2.45, 2.75) is 38.5 Å². The first kappa shape index (κ1) is 15.7.